The molecule has 3 heterocycles. The number of urea groups is 1. The maximum absolute atomic E-state index is 12.0. The average molecular weight is 579 g/mol. The number of fused-ring (bicyclic) bond motifs is 1. The lowest BCUT2D eigenvalue weighted by molar-refractivity contribution is -0.384. The smallest absolute Gasteiger partial charge is 0.326 e. The van der Waals surface area contributed by atoms with E-state index in [1.165, 1.54) is 24.3 Å². The van der Waals surface area contributed by atoms with Gasteiger partial charge in [-0.25, -0.2) is 9.79 Å². The number of aromatic amines is 1. The minimum Gasteiger partial charge on any atom is -0.494 e. The van der Waals surface area contributed by atoms with Gasteiger partial charge in [0.25, 0.3) is 11.6 Å². The average Bonchev–Trinajstić information content (AvgIpc) is 3.66. The van der Waals surface area contributed by atoms with Crippen molar-refractivity contribution in [1.82, 2.24) is 20.5 Å². The van der Waals surface area contributed by atoms with E-state index in [9.17, 15) is 29.6 Å². The zero-order valence-electron chi connectivity index (χ0n) is 22.8. The third-order valence-corrected chi connectivity index (χ3v) is 7.44. The van der Waals surface area contributed by atoms with E-state index in [1.54, 1.807) is 24.3 Å². The molecule has 4 N–H and O–H groups in total. The summed E-state index contributed by atoms with van der Waals surface area (Å²) in [5, 5.41) is 27.5. The van der Waals surface area contributed by atoms with Gasteiger partial charge in [-0.05, 0) is 48.2 Å². The number of nitrogens with one attached hydrogen (secondary N) is 3. The maximum atomic E-state index is 12.0. The predicted octanol–water partition coefficient (Wildman–Crippen LogP) is 4.30. The molecule has 0 atom stereocenters. The number of hydrogen-bond donors (Lipinski definition) is 4. The van der Waals surface area contributed by atoms with E-state index in [0.717, 1.165) is 18.5 Å². The van der Waals surface area contributed by atoms with Gasteiger partial charge in [0, 0.05) is 48.1 Å². The Balaban J connectivity index is 1.37. The number of hydrogen-bond acceptors (Lipinski definition) is 7. The van der Waals surface area contributed by atoms with Crippen molar-refractivity contribution in [2.75, 3.05) is 13.1 Å². The van der Waals surface area contributed by atoms with Crippen molar-refractivity contribution >= 4 is 51.9 Å². The molecule has 0 spiro atoms. The van der Waals surface area contributed by atoms with Crippen LogP contribution >= 0.6 is 0 Å². The molecule has 4 aromatic rings. The molecule has 0 radical (unpaired) electrons. The zero-order chi connectivity index (χ0) is 30.1. The summed E-state index contributed by atoms with van der Waals surface area (Å²) in [5.41, 5.74) is 4.08. The number of aromatic hydroxyl groups is 1. The van der Waals surface area contributed by atoms with Gasteiger partial charge in [-0.1, -0.05) is 36.4 Å². The summed E-state index contributed by atoms with van der Waals surface area (Å²) in [7, 11) is 0. The molecular formula is C31H26N6O6. The normalized spacial score (nSPS) is 16.3. The highest BCUT2D eigenvalue weighted by Crippen LogP contribution is 2.34. The molecule has 12 nitrogen and oxygen atoms in total. The summed E-state index contributed by atoms with van der Waals surface area (Å²) in [4.78, 5) is 55.9. The third kappa shape index (κ3) is 5.71. The quantitative estimate of drug-likeness (QED) is 0.0799. The summed E-state index contributed by atoms with van der Waals surface area (Å²) in [6, 6.07) is 18.2. The molecule has 2 aliphatic rings. The van der Waals surface area contributed by atoms with Crippen LogP contribution in [0.3, 0.4) is 0 Å². The van der Waals surface area contributed by atoms with Crippen LogP contribution in [0.1, 0.15) is 35.1 Å². The molecule has 6 rings (SSSR count). The molecular weight excluding hydrogens is 552 g/mol. The van der Waals surface area contributed by atoms with E-state index < -0.39 is 16.9 Å². The number of aliphatic imine (C=N–C) groups is 1. The van der Waals surface area contributed by atoms with Crippen LogP contribution in [0.25, 0.3) is 17.0 Å². The van der Waals surface area contributed by atoms with Crippen molar-refractivity contribution in [2.45, 2.75) is 19.3 Å². The fraction of sp³-hybridized carbons (Fsp3) is 0.161. The van der Waals surface area contributed by atoms with Crippen LogP contribution in [-0.4, -0.2) is 56.6 Å². The van der Waals surface area contributed by atoms with Crippen molar-refractivity contribution < 1.29 is 24.4 Å². The number of likely N-dealkylation sites (tertiary alicyclic amines) is 1. The Labute approximate surface area is 244 Å². The molecule has 1 aromatic heterocycles. The first-order chi connectivity index (χ1) is 20.7. The largest absolute Gasteiger partial charge is 0.494 e. The molecule has 0 unspecified atom stereocenters. The monoisotopic (exact) mass is 578 g/mol. The lowest BCUT2D eigenvalue weighted by Crippen LogP contribution is -2.26. The summed E-state index contributed by atoms with van der Waals surface area (Å²) in [6.07, 6.45) is 3.70. The Kier molecular flexibility index (Phi) is 7.16. The van der Waals surface area contributed by atoms with E-state index >= 15 is 0 Å². The number of nitrogens with zero attached hydrogens (tertiary/aromatic N) is 3. The summed E-state index contributed by atoms with van der Waals surface area (Å²) < 4.78 is 0. The van der Waals surface area contributed by atoms with Crippen molar-refractivity contribution in [2.24, 2.45) is 4.99 Å². The number of carbonyl (C=O) groups is 3. The number of aromatic nitrogens is 1. The van der Waals surface area contributed by atoms with E-state index in [2.05, 4.69) is 15.6 Å². The van der Waals surface area contributed by atoms with Crippen LogP contribution in [0, 0.1) is 10.1 Å². The minimum absolute atomic E-state index is 0.126. The van der Waals surface area contributed by atoms with E-state index in [-0.39, 0.29) is 23.2 Å². The Morgan fingerprint density at radius 1 is 1.02 bits per heavy atom. The van der Waals surface area contributed by atoms with Crippen molar-refractivity contribution in [3.05, 3.63) is 105 Å². The predicted molar refractivity (Wildman–Crippen MR) is 159 cm³/mol. The second kappa shape index (κ2) is 11.2. The molecule has 3 aromatic carbocycles. The third-order valence-electron chi connectivity index (χ3n) is 7.44. The highest BCUT2D eigenvalue weighted by molar-refractivity contribution is 6.22. The van der Waals surface area contributed by atoms with Crippen LogP contribution < -0.4 is 10.6 Å². The summed E-state index contributed by atoms with van der Waals surface area (Å²) in [5.74, 6) is -0.530. The molecule has 0 saturated carbocycles. The van der Waals surface area contributed by atoms with Crippen LogP contribution in [0.4, 0.5) is 16.2 Å². The van der Waals surface area contributed by atoms with Gasteiger partial charge in [-0.2, -0.15) is 0 Å². The molecule has 2 saturated heterocycles. The number of imide groups is 1. The van der Waals surface area contributed by atoms with Gasteiger partial charge in [0.15, 0.2) is 5.88 Å². The Bertz CT molecular complexity index is 1840. The molecule has 0 bridgehead atoms. The highest BCUT2D eigenvalue weighted by Gasteiger charge is 2.24. The molecule has 216 valence electrons. The van der Waals surface area contributed by atoms with E-state index in [1.807, 2.05) is 29.2 Å². The first kappa shape index (κ1) is 27.4. The topological polar surface area (TPSA) is 170 Å². The minimum atomic E-state index is -0.587. The van der Waals surface area contributed by atoms with Crippen LogP contribution in [0.15, 0.2) is 77.4 Å². The van der Waals surface area contributed by atoms with E-state index in [4.69, 9.17) is 4.99 Å². The SMILES string of the molecule is O=C1NC(=O)C(=Cc2ccc(N=C(c3ccc(CCN4CCCC4=O)cc3)c3c(O)[nH]c4ccc([N+](=O)[O-])cc34)cc2)N1. The van der Waals surface area contributed by atoms with Crippen LogP contribution in [0.5, 0.6) is 5.88 Å². The van der Waals surface area contributed by atoms with E-state index in [0.29, 0.717) is 58.4 Å². The second-order valence-electron chi connectivity index (χ2n) is 10.3. The molecule has 2 fully saturated rings. The van der Waals surface area contributed by atoms with Crippen molar-refractivity contribution in [3.63, 3.8) is 0 Å². The molecule has 12 heteroatoms. The fourth-order valence-corrected chi connectivity index (χ4v) is 5.24. The lowest BCUT2D eigenvalue weighted by atomic mass is 9.98. The number of nitro groups is 1. The number of amides is 4. The van der Waals surface area contributed by atoms with Gasteiger partial charge in [0.2, 0.25) is 5.91 Å². The Morgan fingerprint density at radius 3 is 2.44 bits per heavy atom. The van der Waals surface area contributed by atoms with Gasteiger partial charge >= 0.3 is 6.03 Å². The van der Waals surface area contributed by atoms with Crippen LogP contribution in [-0.2, 0) is 16.0 Å². The van der Waals surface area contributed by atoms with Gasteiger partial charge in [0.1, 0.15) is 5.70 Å². The van der Waals surface area contributed by atoms with Gasteiger partial charge in [0.05, 0.1) is 21.9 Å². The number of rotatable bonds is 8. The number of non-ortho nitro benzene ring substituents is 1. The summed E-state index contributed by atoms with van der Waals surface area (Å²) >= 11 is 0. The number of nitro benzene ring substituents is 1. The van der Waals surface area contributed by atoms with Gasteiger partial charge in [-0.15, -0.1) is 0 Å². The Morgan fingerprint density at radius 2 is 1.79 bits per heavy atom. The number of H-pyrrole nitrogens is 1. The first-order valence-electron chi connectivity index (χ1n) is 13.6. The Hall–Kier alpha value is -5.78. The molecule has 0 aliphatic carbocycles. The lowest BCUT2D eigenvalue weighted by Gasteiger charge is -2.15. The van der Waals surface area contributed by atoms with Crippen molar-refractivity contribution in [3.8, 4) is 5.88 Å². The zero-order valence-corrected chi connectivity index (χ0v) is 22.8. The van der Waals surface area contributed by atoms with Gasteiger partial charge in [-0.3, -0.25) is 25.0 Å². The molecule has 43 heavy (non-hydrogen) atoms. The number of benzene rings is 3. The number of carbonyl (C=O) groups excluding carboxylic acids is 3. The highest BCUT2D eigenvalue weighted by atomic mass is 16.6. The fourth-order valence-electron chi connectivity index (χ4n) is 5.24. The summed E-state index contributed by atoms with van der Waals surface area (Å²) in [6.45, 7) is 1.41. The van der Waals surface area contributed by atoms with Crippen LogP contribution in [0.2, 0.25) is 0 Å². The second-order valence-corrected chi connectivity index (χ2v) is 10.3. The molecule has 2 aliphatic heterocycles. The van der Waals surface area contributed by atoms with Gasteiger partial charge < -0.3 is 20.3 Å². The van der Waals surface area contributed by atoms with Crippen molar-refractivity contribution in [1.29, 1.82) is 0 Å². The first-order valence-corrected chi connectivity index (χ1v) is 13.6. The standard InChI is InChI=1S/C31H26N6O6/c38-26-2-1-14-36(26)15-13-18-3-7-20(8-4-18)28(27-23-17-22(37(42)43)11-12-24(23)33-30(27)40)32-21-9-5-19(6-10-21)16-25-29(39)35-31(41)34-25/h3-12,16-17,33,40H,1-2,13-15H2,(H2,34,35,39,41). The molecule has 4 amide bonds. The maximum Gasteiger partial charge on any atom is 0.326 e.